The van der Waals surface area contributed by atoms with E-state index in [1.807, 2.05) is 44.2 Å². The van der Waals surface area contributed by atoms with E-state index in [0.29, 0.717) is 0 Å². The molecule has 0 radical (unpaired) electrons. The molecule has 0 unspecified atom stereocenters. The van der Waals surface area contributed by atoms with Gasteiger partial charge < -0.3 is 4.74 Å². The standard InChI is InChI=1S/C12H13NO2/c1-12(2)11(13-8-10(14)15-12)9-6-4-3-5-7-9/h3-8,11H,1-2H3/t11-/m0/s1. The normalized spacial score (nSPS) is 23.6. The summed E-state index contributed by atoms with van der Waals surface area (Å²) < 4.78 is 5.25. The van der Waals surface area contributed by atoms with Gasteiger partial charge in [0, 0.05) is 0 Å². The summed E-state index contributed by atoms with van der Waals surface area (Å²) in [5.41, 5.74) is 0.485. The predicted octanol–water partition coefficient (Wildman–Crippen LogP) is 2.13. The van der Waals surface area contributed by atoms with Crippen LogP contribution in [-0.4, -0.2) is 17.8 Å². The lowest BCUT2D eigenvalue weighted by Gasteiger charge is -2.33. The lowest BCUT2D eigenvalue weighted by molar-refractivity contribution is -0.151. The summed E-state index contributed by atoms with van der Waals surface area (Å²) in [6.07, 6.45) is 1.25. The molecular weight excluding hydrogens is 190 g/mol. The van der Waals surface area contributed by atoms with E-state index in [2.05, 4.69) is 4.99 Å². The molecule has 78 valence electrons. The second-order valence-corrected chi connectivity index (χ2v) is 4.12. The van der Waals surface area contributed by atoms with Gasteiger partial charge in [0.1, 0.15) is 17.9 Å². The van der Waals surface area contributed by atoms with Crippen LogP contribution in [0.4, 0.5) is 0 Å². The van der Waals surface area contributed by atoms with E-state index >= 15 is 0 Å². The molecule has 0 aliphatic carbocycles. The molecule has 0 bridgehead atoms. The van der Waals surface area contributed by atoms with Gasteiger partial charge in [-0.25, -0.2) is 4.79 Å². The van der Waals surface area contributed by atoms with Crippen LogP contribution in [0, 0.1) is 0 Å². The van der Waals surface area contributed by atoms with Crippen molar-refractivity contribution in [1.82, 2.24) is 0 Å². The fourth-order valence-electron chi connectivity index (χ4n) is 1.78. The molecule has 1 atom stereocenters. The molecule has 0 spiro atoms. The van der Waals surface area contributed by atoms with Crippen LogP contribution in [0.1, 0.15) is 25.5 Å². The van der Waals surface area contributed by atoms with E-state index in [-0.39, 0.29) is 12.0 Å². The molecule has 1 heterocycles. The summed E-state index contributed by atoms with van der Waals surface area (Å²) in [6.45, 7) is 3.75. The summed E-state index contributed by atoms with van der Waals surface area (Å²) >= 11 is 0. The maximum absolute atomic E-state index is 11.1. The number of esters is 1. The SMILES string of the molecule is CC1(C)OC(=O)C=N[C@H]1c1ccccc1. The summed E-state index contributed by atoms with van der Waals surface area (Å²) in [6, 6.07) is 9.73. The summed E-state index contributed by atoms with van der Waals surface area (Å²) in [5, 5.41) is 0. The van der Waals surface area contributed by atoms with Gasteiger partial charge in [0.2, 0.25) is 0 Å². The molecule has 2 rings (SSSR count). The molecule has 0 amide bonds. The van der Waals surface area contributed by atoms with Crippen LogP contribution in [0.3, 0.4) is 0 Å². The Morgan fingerprint density at radius 2 is 1.93 bits per heavy atom. The summed E-state index contributed by atoms with van der Waals surface area (Å²) in [4.78, 5) is 15.3. The third-order valence-corrected chi connectivity index (χ3v) is 2.47. The third kappa shape index (κ3) is 1.91. The van der Waals surface area contributed by atoms with Crippen molar-refractivity contribution >= 4 is 12.2 Å². The number of rotatable bonds is 1. The molecule has 1 aromatic carbocycles. The fourth-order valence-corrected chi connectivity index (χ4v) is 1.78. The Kier molecular flexibility index (Phi) is 2.31. The predicted molar refractivity (Wildman–Crippen MR) is 57.8 cm³/mol. The molecule has 0 saturated carbocycles. The molecule has 0 N–H and O–H groups in total. The molecule has 1 aromatic rings. The van der Waals surface area contributed by atoms with Gasteiger partial charge in [0.05, 0.1) is 0 Å². The number of benzene rings is 1. The number of hydrogen-bond donors (Lipinski definition) is 0. The van der Waals surface area contributed by atoms with Gasteiger partial charge in [-0.05, 0) is 19.4 Å². The minimum absolute atomic E-state index is 0.114. The van der Waals surface area contributed by atoms with Crippen molar-refractivity contribution in [3.8, 4) is 0 Å². The lowest BCUT2D eigenvalue weighted by Crippen LogP contribution is -2.38. The third-order valence-electron chi connectivity index (χ3n) is 2.47. The number of ether oxygens (including phenoxy) is 1. The minimum atomic E-state index is -0.576. The summed E-state index contributed by atoms with van der Waals surface area (Å²) in [7, 11) is 0. The number of cyclic esters (lactones) is 1. The second-order valence-electron chi connectivity index (χ2n) is 4.12. The summed E-state index contributed by atoms with van der Waals surface area (Å²) in [5.74, 6) is -0.368. The minimum Gasteiger partial charge on any atom is -0.453 e. The van der Waals surface area contributed by atoms with Gasteiger partial charge in [-0.2, -0.15) is 0 Å². The van der Waals surface area contributed by atoms with Crippen LogP contribution in [0.2, 0.25) is 0 Å². The van der Waals surface area contributed by atoms with E-state index in [4.69, 9.17) is 4.74 Å². The number of aliphatic imine (C=N–C) groups is 1. The molecule has 0 fully saturated rings. The first-order chi connectivity index (χ1) is 7.09. The van der Waals surface area contributed by atoms with E-state index in [9.17, 15) is 4.79 Å². The molecule has 1 aliphatic rings. The maximum Gasteiger partial charge on any atom is 0.349 e. The molecule has 1 aliphatic heterocycles. The molecule has 0 saturated heterocycles. The van der Waals surface area contributed by atoms with Crippen molar-refractivity contribution in [3.63, 3.8) is 0 Å². The number of carbonyl (C=O) groups is 1. The van der Waals surface area contributed by atoms with Crippen molar-refractivity contribution in [3.05, 3.63) is 35.9 Å². The van der Waals surface area contributed by atoms with Crippen LogP contribution in [-0.2, 0) is 9.53 Å². The zero-order valence-electron chi connectivity index (χ0n) is 8.81. The van der Waals surface area contributed by atoms with Crippen molar-refractivity contribution in [2.24, 2.45) is 4.99 Å². The topological polar surface area (TPSA) is 38.7 Å². The van der Waals surface area contributed by atoms with E-state index < -0.39 is 5.60 Å². The van der Waals surface area contributed by atoms with Crippen LogP contribution in [0.25, 0.3) is 0 Å². The Morgan fingerprint density at radius 3 is 2.53 bits per heavy atom. The molecule has 15 heavy (non-hydrogen) atoms. The van der Waals surface area contributed by atoms with Gasteiger partial charge in [0.25, 0.3) is 0 Å². The van der Waals surface area contributed by atoms with Crippen LogP contribution in [0.5, 0.6) is 0 Å². The van der Waals surface area contributed by atoms with Crippen LogP contribution >= 0.6 is 0 Å². The monoisotopic (exact) mass is 203 g/mol. The van der Waals surface area contributed by atoms with Crippen LogP contribution in [0.15, 0.2) is 35.3 Å². The largest absolute Gasteiger partial charge is 0.453 e. The average Bonchev–Trinajstić information content (AvgIpc) is 2.17. The lowest BCUT2D eigenvalue weighted by atomic mass is 9.91. The zero-order valence-corrected chi connectivity index (χ0v) is 8.81. The maximum atomic E-state index is 11.1. The Labute approximate surface area is 88.8 Å². The first kappa shape index (κ1) is 9.90. The Bertz CT molecular complexity index is 395. The zero-order chi connectivity index (χ0) is 10.9. The van der Waals surface area contributed by atoms with E-state index in [1.54, 1.807) is 0 Å². The highest BCUT2D eigenvalue weighted by atomic mass is 16.6. The average molecular weight is 203 g/mol. The Morgan fingerprint density at radius 1 is 1.27 bits per heavy atom. The molecule has 3 heteroatoms. The number of carbonyl (C=O) groups excluding carboxylic acids is 1. The highest BCUT2D eigenvalue weighted by Gasteiger charge is 2.36. The highest BCUT2D eigenvalue weighted by Crippen LogP contribution is 2.34. The van der Waals surface area contributed by atoms with Crippen molar-refractivity contribution < 1.29 is 9.53 Å². The number of hydrogen-bond acceptors (Lipinski definition) is 3. The highest BCUT2D eigenvalue weighted by molar-refractivity contribution is 6.23. The first-order valence-corrected chi connectivity index (χ1v) is 4.91. The van der Waals surface area contributed by atoms with Gasteiger partial charge in [0.15, 0.2) is 0 Å². The second kappa shape index (κ2) is 3.50. The number of nitrogens with zero attached hydrogens (tertiary/aromatic N) is 1. The van der Waals surface area contributed by atoms with Crippen molar-refractivity contribution in [1.29, 1.82) is 0 Å². The molecule has 0 aromatic heterocycles. The smallest absolute Gasteiger partial charge is 0.349 e. The van der Waals surface area contributed by atoms with Gasteiger partial charge in [-0.3, -0.25) is 4.99 Å². The van der Waals surface area contributed by atoms with Gasteiger partial charge >= 0.3 is 5.97 Å². The van der Waals surface area contributed by atoms with Crippen LogP contribution < -0.4 is 0 Å². The Balaban J connectivity index is 2.37. The quantitative estimate of drug-likeness (QED) is 0.656. The van der Waals surface area contributed by atoms with Crippen molar-refractivity contribution in [2.45, 2.75) is 25.5 Å². The van der Waals surface area contributed by atoms with E-state index in [0.717, 1.165) is 5.56 Å². The molecular formula is C12H13NO2. The molecule has 3 nitrogen and oxygen atoms in total. The van der Waals surface area contributed by atoms with Crippen molar-refractivity contribution in [2.75, 3.05) is 0 Å². The van der Waals surface area contributed by atoms with E-state index in [1.165, 1.54) is 6.21 Å². The van der Waals surface area contributed by atoms with Gasteiger partial charge in [-0.1, -0.05) is 30.3 Å². The first-order valence-electron chi connectivity index (χ1n) is 4.91. The fraction of sp³-hybridized carbons (Fsp3) is 0.333. The van der Waals surface area contributed by atoms with Gasteiger partial charge in [-0.15, -0.1) is 0 Å². The Hall–Kier alpha value is -1.64.